The smallest absolute Gasteiger partial charge is 0.111 e. The van der Waals surface area contributed by atoms with E-state index in [4.69, 9.17) is 15.2 Å². The molecule has 0 aromatic rings. The van der Waals surface area contributed by atoms with Gasteiger partial charge in [0, 0.05) is 6.61 Å². The van der Waals surface area contributed by atoms with Gasteiger partial charge < -0.3 is 15.2 Å². The maximum absolute atomic E-state index is 6.13. The number of rotatable bonds is 2. The van der Waals surface area contributed by atoms with Gasteiger partial charge in [-0.3, -0.25) is 0 Å². The lowest BCUT2D eigenvalue weighted by Gasteiger charge is -2.26. The maximum atomic E-state index is 6.13. The van der Waals surface area contributed by atoms with Crippen molar-refractivity contribution >= 4 is 0 Å². The first-order valence-corrected chi connectivity index (χ1v) is 5.49. The highest BCUT2D eigenvalue weighted by atomic mass is 16.5. The Kier molecular flexibility index (Phi) is 3.08. The van der Waals surface area contributed by atoms with E-state index in [1.54, 1.807) is 0 Å². The molecule has 0 spiro atoms. The summed E-state index contributed by atoms with van der Waals surface area (Å²) in [5, 5.41) is 0. The normalized spacial score (nSPS) is 34.9. The second-order valence-electron chi connectivity index (χ2n) is 4.22. The Labute approximate surface area is 85.3 Å². The van der Waals surface area contributed by atoms with Crippen LogP contribution in [0.3, 0.4) is 0 Å². The van der Waals surface area contributed by atoms with Gasteiger partial charge in [0.25, 0.3) is 0 Å². The maximum Gasteiger partial charge on any atom is 0.111 e. The van der Waals surface area contributed by atoms with Crippen molar-refractivity contribution in [2.75, 3.05) is 13.2 Å². The summed E-state index contributed by atoms with van der Waals surface area (Å²) < 4.78 is 11.2. The number of allylic oxidation sites excluding steroid dienone is 1. The Morgan fingerprint density at radius 2 is 2.36 bits per heavy atom. The lowest BCUT2D eigenvalue weighted by Crippen LogP contribution is -2.40. The van der Waals surface area contributed by atoms with Crippen molar-refractivity contribution in [3.8, 4) is 0 Å². The molecule has 0 radical (unpaired) electrons. The van der Waals surface area contributed by atoms with Crippen molar-refractivity contribution in [1.82, 2.24) is 0 Å². The van der Waals surface area contributed by atoms with E-state index in [1.807, 2.05) is 0 Å². The van der Waals surface area contributed by atoms with Crippen molar-refractivity contribution < 1.29 is 9.47 Å². The van der Waals surface area contributed by atoms with E-state index in [1.165, 1.54) is 0 Å². The molecule has 0 saturated carbocycles. The van der Waals surface area contributed by atoms with Gasteiger partial charge in [0.15, 0.2) is 0 Å². The van der Waals surface area contributed by atoms with Crippen LogP contribution >= 0.6 is 0 Å². The van der Waals surface area contributed by atoms with E-state index in [2.05, 4.69) is 13.0 Å². The van der Waals surface area contributed by atoms with Gasteiger partial charge in [-0.05, 0) is 31.3 Å². The van der Waals surface area contributed by atoms with Crippen molar-refractivity contribution in [3.63, 3.8) is 0 Å². The molecule has 1 fully saturated rings. The molecule has 1 saturated heterocycles. The Bertz CT molecular complexity index is 227. The van der Waals surface area contributed by atoms with Crippen molar-refractivity contribution in [3.05, 3.63) is 11.8 Å². The quantitative estimate of drug-likeness (QED) is 0.728. The molecule has 2 N–H and O–H groups in total. The Balaban J connectivity index is 1.99. The summed E-state index contributed by atoms with van der Waals surface area (Å²) in [6.07, 6.45) is 5.58. The molecule has 0 aromatic carbocycles. The minimum Gasteiger partial charge on any atom is -0.496 e. The zero-order chi connectivity index (χ0) is 9.97. The van der Waals surface area contributed by atoms with Crippen LogP contribution in [0, 0.1) is 5.92 Å². The lowest BCUT2D eigenvalue weighted by molar-refractivity contribution is 0.0562. The van der Waals surface area contributed by atoms with E-state index in [0.717, 1.165) is 38.2 Å². The van der Waals surface area contributed by atoms with E-state index in [9.17, 15) is 0 Å². The van der Waals surface area contributed by atoms with Gasteiger partial charge >= 0.3 is 0 Å². The fourth-order valence-electron chi connectivity index (χ4n) is 2.15. The second-order valence-corrected chi connectivity index (χ2v) is 4.22. The van der Waals surface area contributed by atoms with Gasteiger partial charge in [0.2, 0.25) is 0 Å². The fourth-order valence-corrected chi connectivity index (χ4v) is 2.15. The first-order chi connectivity index (χ1) is 6.79. The molecule has 80 valence electrons. The number of ether oxygens (including phenoxy) is 2. The summed E-state index contributed by atoms with van der Waals surface area (Å²) in [6, 6.07) is -0.0622. The molecule has 3 atom stereocenters. The molecule has 0 bridgehead atoms. The van der Waals surface area contributed by atoms with Crippen LogP contribution in [-0.2, 0) is 9.47 Å². The largest absolute Gasteiger partial charge is 0.496 e. The average Bonchev–Trinajstić information content (AvgIpc) is 2.65. The second kappa shape index (κ2) is 4.32. The average molecular weight is 197 g/mol. The van der Waals surface area contributed by atoms with Crippen LogP contribution in [0.15, 0.2) is 11.8 Å². The van der Waals surface area contributed by atoms with Gasteiger partial charge in [-0.25, -0.2) is 0 Å². The number of hydrogen-bond donors (Lipinski definition) is 1. The SMILES string of the molecule is CC1CCOC1C(N)C1=CCCCO1. The molecule has 3 unspecified atom stereocenters. The zero-order valence-electron chi connectivity index (χ0n) is 8.74. The van der Waals surface area contributed by atoms with Crippen LogP contribution in [0.25, 0.3) is 0 Å². The Hall–Kier alpha value is -0.540. The molecular weight excluding hydrogens is 178 g/mol. The highest BCUT2D eigenvalue weighted by Crippen LogP contribution is 2.26. The fraction of sp³-hybridized carbons (Fsp3) is 0.818. The highest BCUT2D eigenvalue weighted by Gasteiger charge is 2.33. The van der Waals surface area contributed by atoms with Crippen LogP contribution in [0.5, 0.6) is 0 Å². The van der Waals surface area contributed by atoms with Crippen LogP contribution < -0.4 is 5.73 Å². The van der Waals surface area contributed by atoms with Gasteiger partial charge in [-0.15, -0.1) is 0 Å². The topological polar surface area (TPSA) is 44.5 Å². The Morgan fingerprint density at radius 3 is 2.93 bits per heavy atom. The zero-order valence-corrected chi connectivity index (χ0v) is 8.74. The molecule has 2 rings (SSSR count). The van der Waals surface area contributed by atoms with Crippen LogP contribution in [-0.4, -0.2) is 25.4 Å². The monoisotopic (exact) mass is 197 g/mol. The molecule has 14 heavy (non-hydrogen) atoms. The predicted molar refractivity (Wildman–Crippen MR) is 54.8 cm³/mol. The van der Waals surface area contributed by atoms with E-state index in [-0.39, 0.29) is 12.1 Å². The molecule has 0 aromatic heterocycles. The summed E-state index contributed by atoms with van der Waals surface area (Å²) in [6.45, 7) is 3.84. The molecule has 2 aliphatic rings. The molecule has 3 nitrogen and oxygen atoms in total. The number of hydrogen-bond acceptors (Lipinski definition) is 3. The molecular formula is C11H19NO2. The summed E-state index contributed by atoms with van der Waals surface area (Å²) in [5.74, 6) is 1.49. The third kappa shape index (κ3) is 1.93. The summed E-state index contributed by atoms with van der Waals surface area (Å²) in [7, 11) is 0. The third-order valence-electron chi connectivity index (χ3n) is 3.09. The molecule has 3 heteroatoms. The molecule has 0 aliphatic carbocycles. The summed E-state index contributed by atoms with van der Waals surface area (Å²) >= 11 is 0. The van der Waals surface area contributed by atoms with Crippen LogP contribution in [0.2, 0.25) is 0 Å². The van der Waals surface area contributed by atoms with Crippen LogP contribution in [0.1, 0.15) is 26.2 Å². The first-order valence-electron chi connectivity index (χ1n) is 5.49. The van der Waals surface area contributed by atoms with Gasteiger partial charge in [-0.1, -0.05) is 6.92 Å². The van der Waals surface area contributed by atoms with Gasteiger partial charge in [-0.2, -0.15) is 0 Å². The van der Waals surface area contributed by atoms with Crippen molar-refractivity contribution in [2.45, 2.75) is 38.3 Å². The van der Waals surface area contributed by atoms with Crippen molar-refractivity contribution in [1.29, 1.82) is 0 Å². The minimum absolute atomic E-state index is 0.0622. The standard InChI is InChI=1S/C11H19NO2/c1-8-5-7-14-11(8)10(12)9-4-2-3-6-13-9/h4,8,10-11H,2-3,5-7,12H2,1H3. The molecule has 2 aliphatic heterocycles. The highest BCUT2D eigenvalue weighted by molar-refractivity contribution is 5.08. The van der Waals surface area contributed by atoms with E-state index in [0.29, 0.717) is 5.92 Å². The van der Waals surface area contributed by atoms with Crippen molar-refractivity contribution in [2.24, 2.45) is 11.7 Å². The van der Waals surface area contributed by atoms with E-state index < -0.39 is 0 Å². The van der Waals surface area contributed by atoms with Gasteiger partial charge in [0.1, 0.15) is 5.76 Å². The van der Waals surface area contributed by atoms with Crippen LogP contribution in [0.4, 0.5) is 0 Å². The lowest BCUT2D eigenvalue weighted by atomic mass is 9.96. The molecule has 0 amide bonds. The Morgan fingerprint density at radius 1 is 1.50 bits per heavy atom. The summed E-state index contributed by atoms with van der Waals surface area (Å²) in [4.78, 5) is 0. The number of nitrogens with two attached hydrogens (primary N) is 1. The predicted octanol–water partition coefficient (Wildman–Crippen LogP) is 1.43. The van der Waals surface area contributed by atoms with E-state index >= 15 is 0 Å². The molecule has 2 heterocycles. The third-order valence-corrected chi connectivity index (χ3v) is 3.09. The first kappa shape index (κ1) is 9.99. The van der Waals surface area contributed by atoms with Gasteiger partial charge in [0.05, 0.1) is 18.8 Å². The minimum atomic E-state index is -0.0622. The summed E-state index contributed by atoms with van der Waals surface area (Å²) in [5.41, 5.74) is 6.13.